The molecule has 0 radical (unpaired) electrons. The minimum atomic E-state index is -0.114. The van der Waals surface area contributed by atoms with E-state index in [1.54, 1.807) is 7.11 Å². The monoisotopic (exact) mass is 384 g/mol. The third kappa shape index (κ3) is 4.17. The standard InChI is InChI=1S/C20H28N6O2/c1-5-15(12-27)22-19-24-17(21-11-14-9-7-6-8-10-14)16-18(25-19)26(13(2)3)20(23-16)28-4/h6-10,13,15,27H,5,11-12H2,1-4H3,(H2,21,22,24,25). The van der Waals surface area contributed by atoms with E-state index in [0.29, 0.717) is 35.5 Å². The third-order valence-corrected chi connectivity index (χ3v) is 4.56. The van der Waals surface area contributed by atoms with E-state index in [0.717, 1.165) is 12.0 Å². The number of hydrogen-bond donors (Lipinski definition) is 3. The maximum Gasteiger partial charge on any atom is 0.298 e. The summed E-state index contributed by atoms with van der Waals surface area (Å²) in [5.74, 6) is 1.08. The van der Waals surface area contributed by atoms with Crippen LogP contribution in [0.4, 0.5) is 11.8 Å². The average Bonchev–Trinajstić information content (AvgIpc) is 3.10. The molecule has 3 aromatic rings. The number of hydrogen-bond acceptors (Lipinski definition) is 7. The van der Waals surface area contributed by atoms with Crippen molar-refractivity contribution in [2.45, 2.75) is 45.8 Å². The van der Waals surface area contributed by atoms with Gasteiger partial charge in [-0.3, -0.25) is 4.57 Å². The maximum absolute atomic E-state index is 9.54. The Kier molecular flexibility index (Phi) is 6.30. The van der Waals surface area contributed by atoms with Crippen molar-refractivity contribution in [1.29, 1.82) is 0 Å². The van der Waals surface area contributed by atoms with Crippen molar-refractivity contribution in [2.75, 3.05) is 24.4 Å². The molecule has 28 heavy (non-hydrogen) atoms. The van der Waals surface area contributed by atoms with Gasteiger partial charge >= 0.3 is 0 Å². The Labute approximate surface area is 165 Å². The van der Waals surface area contributed by atoms with Crippen LogP contribution >= 0.6 is 0 Å². The number of benzene rings is 1. The first-order valence-electron chi connectivity index (χ1n) is 9.56. The van der Waals surface area contributed by atoms with E-state index in [9.17, 15) is 5.11 Å². The molecule has 0 aliphatic heterocycles. The van der Waals surface area contributed by atoms with E-state index in [2.05, 4.69) is 51.6 Å². The van der Waals surface area contributed by atoms with Gasteiger partial charge in [0, 0.05) is 12.6 Å². The molecule has 2 heterocycles. The Bertz CT molecular complexity index is 906. The summed E-state index contributed by atoms with van der Waals surface area (Å²) in [4.78, 5) is 13.9. The second-order valence-corrected chi connectivity index (χ2v) is 6.90. The van der Waals surface area contributed by atoms with Crippen molar-refractivity contribution in [3.63, 3.8) is 0 Å². The number of nitrogens with zero attached hydrogens (tertiary/aromatic N) is 4. The predicted octanol–water partition coefficient (Wildman–Crippen LogP) is 3.21. The minimum Gasteiger partial charge on any atom is -0.468 e. The van der Waals surface area contributed by atoms with E-state index in [-0.39, 0.29) is 18.7 Å². The fourth-order valence-electron chi connectivity index (χ4n) is 2.99. The zero-order chi connectivity index (χ0) is 20.1. The zero-order valence-electron chi connectivity index (χ0n) is 16.8. The van der Waals surface area contributed by atoms with Crippen LogP contribution in [0.25, 0.3) is 11.2 Å². The molecule has 0 spiro atoms. The molecule has 0 amide bonds. The van der Waals surface area contributed by atoms with E-state index >= 15 is 0 Å². The third-order valence-electron chi connectivity index (χ3n) is 4.56. The Morgan fingerprint density at radius 2 is 1.89 bits per heavy atom. The summed E-state index contributed by atoms with van der Waals surface area (Å²) >= 11 is 0. The van der Waals surface area contributed by atoms with E-state index in [1.807, 2.05) is 29.7 Å². The van der Waals surface area contributed by atoms with Gasteiger partial charge in [-0.2, -0.15) is 15.0 Å². The number of aromatic nitrogens is 4. The molecule has 150 valence electrons. The van der Waals surface area contributed by atoms with Gasteiger partial charge in [0.1, 0.15) is 0 Å². The number of nitrogens with one attached hydrogen (secondary N) is 2. The van der Waals surface area contributed by atoms with Crippen LogP contribution in [0.2, 0.25) is 0 Å². The lowest BCUT2D eigenvalue weighted by molar-refractivity contribution is 0.271. The van der Waals surface area contributed by atoms with Crippen molar-refractivity contribution in [1.82, 2.24) is 19.5 Å². The highest BCUT2D eigenvalue weighted by Crippen LogP contribution is 2.29. The van der Waals surface area contributed by atoms with Gasteiger partial charge in [0.2, 0.25) is 5.95 Å². The molecule has 0 aliphatic rings. The lowest BCUT2D eigenvalue weighted by atomic mass is 10.2. The number of imidazole rings is 1. The van der Waals surface area contributed by atoms with Crippen molar-refractivity contribution in [3.8, 4) is 6.01 Å². The SMILES string of the molecule is CCC(CO)Nc1nc(NCc2ccccc2)c2nc(OC)n(C(C)C)c2n1. The molecule has 0 fully saturated rings. The minimum absolute atomic E-state index is 0.0113. The number of anilines is 2. The Morgan fingerprint density at radius 1 is 1.14 bits per heavy atom. The molecule has 0 saturated carbocycles. The predicted molar refractivity (Wildman–Crippen MR) is 111 cm³/mol. The molecule has 8 heteroatoms. The van der Waals surface area contributed by atoms with Gasteiger partial charge in [0.15, 0.2) is 17.0 Å². The van der Waals surface area contributed by atoms with E-state index < -0.39 is 0 Å². The molecule has 0 aliphatic carbocycles. The molecule has 3 rings (SSSR count). The van der Waals surface area contributed by atoms with Gasteiger partial charge in [0.25, 0.3) is 6.01 Å². The highest BCUT2D eigenvalue weighted by molar-refractivity contribution is 5.85. The van der Waals surface area contributed by atoms with Gasteiger partial charge in [0.05, 0.1) is 19.8 Å². The first-order chi connectivity index (χ1) is 13.6. The number of rotatable bonds is 9. The quantitative estimate of drug-likeness (QED) is 0.521. The first kappa shape index (κ1) is 19.9. The first-order valence-corrected chi connectivity index (χ1v) is 9.56. The summed E-state index contributed by atoms with van der Waals surface area (Å²) in [5, 5.41) is 16.1. The number of methoxy groups -OCH3 is 1. The van der Waals surface area contributed by atoms with E-state index in [1.165, 1.54) is 0 Å². The van der Waals surface area contributed by atoms with Crippen molar-refractivity contribution < 1.29 is 9.84 Å². The van der Waals surface area contributed by atoms with Crippen molar-refractivity contribution >= 4 is 22.9 Å². The zero-order valence-corrected chi connectivity index (χ0v) is 16.8. The Hall–Kier alpha value is -2.87. The van der Waals surface area contributed by atoms with Gasteiger partial charge < -0.3 is 20.5 Å². The summed E-state index contributed by atoms with van der Waals surface area (Å²) in [6.45, 7) is 6.73. The van der Waals surface area contributed by atoms with Gasteiger partial charge in [-0.1, -0.05) is 37.3 Å². The summed E-state index contributed by atoms with van der Waals surface area (Å²) in [6, 6.07) is 10.6. The number of ether oxygens (including phenoxy) is 1. The van der Waals surface area contributed by atoms with Crippen LogP contribution in [-0.4, -0.2) is 44.4 Å². The molecule has 0 saturated heterocycles. The summed E-state index contributed by atoms with van der Waals surface area (Å²) in [5.41, 5.74) is 2.48. The molecule has 1 atom stereocenters. The molecular formula is C20H28N6O2. The average molecular weight is 384 g/mol. The van der Waals surface area contributed by atoms with Crippen LogP contribution < -0.4 is 15.4 Å². The lowest BCUT2D eigenvalue weighted by Crippen LogP contribution is -2.24. The number of fused-ring (bicyclic) bond motifs is 1. The second kappa shape index (κ2) is 8.88. The van der Waals surface area contributed by atoms with Crippen LogP contribution in [0.15, 0.2) is 30.3 Å². The molecule has 1 aromatic carbocycles. The molecule has 2 aromatic heterocycles. The molecule has 8 nitrogen and oxygen atoms in total. The van der Waals surface area contributed by atoms with Crippen molar-refractivity contribution in [3.05, 3.63) is 35.9 Å². The highest BCUT2D eigenvalue weighted by atomic mass is 16.5. The fraction of sp³-hybridized carbons (Fsp3) is 0.450. The normalized spacial score (nSPS) is 12.4. The Balaban J connectivity index is 2.05. The molecule has 1 unspecified atom stereocenters. The highest BCUT2D eigenvalue weighted by Gasteiger charge is 2.21. The van der Waals surface area contributed by atoms with Crippen molar-refractivity contribution in [2.24, 2.45) is 0 Å². The van der Waals surface area contributed by atoms with Crippen LogP contribution in [0, 0.1) is 0 Å². The van der Waals surface area contributed by atoms with Gasteiger partial charge in [-0.15, -0.1) is 0 Å². The Morgan fingerprint density at radius 3 is 2.50 bits per heavy atom. The largest absolute Gasteiger partial charge is 0.468 e. The summed E-state index contributed by atoms with van der Waals surface area (Å²) in [6.07, 6.45) is 0.761. The lowest BCUT2D eigenvalue weighted by Gasteiger charge is -2.16. The summed E-state index contributed by atoms with van der Waals surface area (Å²) < 4.78 is 7.41. The molecule has 0 bridgehead atoms. The smallest absolute Gasteiger partial charge is 0.298 e. The maximum atomic E-state index is 9.54. The van der Waals surface area contributed by atoms with Crippen LogP contribution in [0.1, 0.15) is 38.8 Å². The van der Waals surface area contributed by atoms with Crippen LogP contribution in [0.3, 0.4) is 0 Å². The topological polar surface area (TPSA) is 97.1 Å². The van der Waals surface area contributed by atoms with Gasteiger partial charge in [-0.05, 0) is 25.8 Å². The van der Waals surface area contributed by atoms with E-state index in [4.69, 9.17) is 4.74 Å². The summed E-state index contributed by atoms with van der Waals surface area (Å²) in [7, 11) is 1.60. The fourth-order valence-corrected chi connectivity index (χ4v) is 2.99. The number of aliphatic hydroxyl groups excluding tert-OH is 1. The number of aliphatic hydroxyl groups is 1. The van der Waals surface area contributed by atoms with Crippen LogP contribution in [-0.2, 0) is 6.54 Å². The molecule has 3 N–H and O–H groups in total. The molecular weight excluding hydrogens is 356 g/mol. The second-order valence-electron chi connectivity index (χ2n) is 6.90. The van der Waals surface area contributed by atoms with Crippen LogP contribution in [0.5, 0.6) is 6.01 Å². The van der Waals surface area contributed by atoms with Gasteiger partial charge in [-0.25, -0.2) is 0 Å².